The molecule has 0 aliphatic rings. The number of alkyl halides is 1. The van der Waals surface area contributed by atoms with Crippen LogP contribution in [0.4, 0.5) is 0 Å². The first-order valence-corrected chi connectivity index (χ1v) is 7.10. The van der Waals surface area contributed by atoms with Crippen LogP contribution in [0.15, 0.2) is 36.5 Å². The van der Waals surface area contributed by atoms with Gasteiger partial charge in [-0.1, -0.05) is 6.07 Å². The number of pyridine rings is 2. The Morgan fingerprint density at radius 1 is 1.15 bits per heavy atom. The van der Waals surface area contributed by atoms with Gasteiger partial charge in [0.15, 0.2) is 5.65 Å². The highest BCUT2D eigenvalue weighted by atomic mass is 35.5. The molecule has 0 bridgehead atoms. The molecule has 20 heavy (non-hydrogen) atoms. The highest BCUT2D eigenvalue weighted by Gasteiger charge is 2.11. The fourth-order valence-corrected chi connectivity index (χ4v) is 2.47. The number of hydrogen-bond donors (Lipinski definition) is 0. The molecule has 0 aliphatic heterocycles. The molecule has 0 amide bonds. The zero-order valence-corrected chi connectivity index (χ0v) is 12.0. The summed E-state index contributed by atoms with van der Waals surface area (Å²) < 4.78 is 2.10. The van der Waals surface area contributed by atoms with E-state index in [-0.39, 0.29) is 0 Å². The minimum absolute atomic E-state index is 0.546. The predicted molar refractivity (Wildman–Crippen MR) is 80.0 cm³/mol. The first kappa shape index (κ1) is 13.1. The average Bonchev–Trinajstić information content (AvgIpc) is 2.78. The Morgan fingerprint density at radius 2 is 2.05 bits per heavy atom. The van der Waals surface area contributed by atoms with Crippen LogP contribution >= 0.6 is 11.6 Å². The van der Waals surface area contributed by atoms with Gasteiger partial charge in [0, 0.05) is 24.2 Å². The summed E-state index contributed by atoms with van der Waals surface area (Å²) in [5.74, 6) is 1.50. The standard InChI is InChI=1S/C15H15ClN4/c1-11-4-2-5-12(18-11)10-20-14(7-8-16)19-13-6-3-9-17-15(13)20/h2-6,9H,7-8,10H2,1H3. The van der Waals surface area contributed by atoms with Crippen molar-refractivity contribution >= 4 is 22.8 Å². The molecule has 0 saturated heterocycles. The largest absolute Gasteiger partial charge is 0.307 e. The van der Waals surface area contributed by atoms with Gasteiger partial charge in [0.2, 0.25) is 0 Å². The summed E-state index contributed by atoms with van der Waals surface area (Å²) in [5, 5.41) is 0. The van der Waals surface area contributed by atoms with Crippen molar-refractivity contribution in [2.24, 2.45) is 0 Å². The molecule has 3 heterocycles. The first-order chi connectivity index (χ1) is 9.78. The molecule has 0 radical (unpaired) electrons. The van der Waals surface area contributed by atoms with E-state index in [4.69, 9.17) is 11.6 Å². The summed E-state index contributed by atoms with van der Waals surface area (Å²) in [6, 6.07) is 9.90. The van der Waals surface area contributed by atoms with Crippen molar-refractivity contribution < 1.29 is 0 Å². The van der Waals surface area contributed by atoms with Crippen LogP contribution < -0.4 is 0 Å². The van der Waals surface area contributed by atoms with Crippen molar-refractivity contribution in [2.75, 3.05) is 5.88 Å². The minimum Gasteiger partial charge on any atom is -0.307 e. The van der Waals surface area contributed by atoms with Crippen LogP contribution in [-0.4, -0.2) is 25.4 Å². The molecule has 102 valence electrons. The number of halogens is 1. The lowest BCUT2D eigenvalue weighted by Gasteiger charge is -2.08. The van der Waals surface area contributed by atoms with Gasteiger partial charge in [-0.05, 0) is 31.2 Å². The average molecular weight is 287 g/mol. The molecule has 3 aromatic rings. The summed E-state index contributed by atoms with van der Waals surface area (Å²) in [5.41, 5.74) is 3.81. The Balaban J connectivity index is 2.06. The SMILES string of the molecule is Cc1cccc(Cn2c(CCCl)nc3cccnc32)n1. The molecule has 0 aliphatic carbocycles. The molecule has 0 spiro atoms. The highest BCUT2D eigenvalue weighted by molar-refractivity contribution is 6.17. The number of imidazole rings is 1. The lowest BCUT2D eigenvalue weighted by molar-refractivity contribution is 0.729. The van der Waals surface area contributed by atoms with Crippen LogP contribution in [0.25, 0.3) is 11.2 Å². The third-order valence-electron chi connectivity index (χ3n) is 3.17. The number of fused-ring (bicyclic) bond motifs is 1. The number of aromatic nitrogens is 4. The fourth-order valence-electron chi connectivity index (χ4n) is 2.30. The topological polar surface area (TPSA) is 43.6 Å². The molecule has 0 fully saturated rings. The Hall–Kier alpha value is -1.94. The van der Waals surface area contributed by atoms with E-state index >= 15 is 0 Å². The Morgan fingerprint density at radius 3 is 2.85 bits per heavy atom. The Labute approximate surface area is 122 Å². The van der Waals surface area contributed by atoms with E-state index in [1.165, 1.54) is 0 Å². The number of aryl methyl sites for hydroxylation is 2. The second-order valence-corrected chi connectivity index (χ2v) is 5.05. The third-order valence-corrected chi connectivity index (χ3v) is 3.36. The van der Waals surface area contributed by atoms with E-state index < -0.39 is 0 Å². The second-order valence-electron chi connectivity index (χ2n) is 4.67. The molecule has 3 aromatic heterocycles. The normalized spacial score (nSPS) is 11.1. The molecular formula is C15H15ClN4. The maximum atomic E-state index is 5.87. The zero-order chi connectivity index (χ0) is 13.9. The molecule has 5 heteroatoms. The number of hydrogen-bond acceptors (Lipinski definition) is 3. The molecular weight excluding hydrogens is 272 g/mol. The van der Waals surface area contributed by atoms with E-state index in [2.05, 4.69) is 19.5 Å². The van der Waals surface area contributed by atoms with Gasteiger partial charge in [-0.25, -0.2) is 9.97 Å². The first-order valence-electron chi connectivity index (χ1n) is 6.56. The molecule has 0 aromatic carbocycles. The van der Waals surface area contributed by atoms with Gasteiger partial charge in [0.05, 0.1) is 12.2 Å². The summed E-state index contributed by atoms with van der Waals surface area (Å²) >= 11 is 5.87. The van der Waals surface area contributed by atoms with Crippen molar-refractivity contribution in [3.05, 3.63) is 53.7 Å². The number of rotatable bonds is 4. The van der Waals surface area contributed by atoms with Crippen molar-refractivity contribution in [1.82, 2.24) is 19.5 Å². The summed E-state index contributed by atoms with van der Waals surface area (Å²) in [7, 11) is 0. The summed E-state index contributed by atoms with van der Waals surface area (Å²) in [6.07, 6.45) is 2.51. The van der Waals surface area contributed by atoms with Crippen LogP contribution in [0, 0.1) is 6.92 Å². The smallest absolute Gasteiger partial charge is 0.160 e. The second kappa shape index (κ2) is 5.59. The molecule has 3 rings (SSSR count). The molecule has 4 nitrogen and oxygen atoms in total. The molecule has 0 atom stereocenters. The van der Waals surface area contributed by atoms with Gasteiger partial charge in [0.1, 0.15) is 11.3 Å². The van der Waals surface area contributed by atoms with Crippen molar-refractivity contribution in [2.45, 2.75) is 19.9 Å². The summed E-state index contributed by atoms with van der Waals surface area (Å²) in [4.78, 5) is 13.6. The van der Waals surface area contributed by atoms with E-state index in [1.54, 1.807) is 6.20 Å². The van der Waals surface area contributed by atoms with Crippen LogP contribution in [0.3, 0.4) is 0 Å². The Kier molecular flexibility index (Phi) is 3.65. The van der Waals surface area contributed by atoms with Crippen LogP contribution in [0.1, 0.15) is 17.2 Å². The van der Waals surface area contributed by atoms with E-state index in [1.807, 2.05) is 37.3 Å². The van der Waals surface area contributed by atoms with Gasteiger partial charge >= 0.3 is 0 Å². The monoisotopic (exact) mass is 286 g/mol. The quantitative estimate of drug-likeness (QED) is 0.693. The maximum absolute atomic E-state index is 5.87. The van der Waals surface area contributed by atoms with Gasteiger partial charge in [-0.15, -0.1) is 11.6 Å². The van der Waals surface area contributed by atoms with Crippen LogP contribution in [0.2, 0.25) is 0 Å². The predicted octanol–water partition coefficient (Wildman–Crippen LogP) is 2.96. The van der Waals surface area contributed by atoms with Crippen molar-refractivity contribution in [3.8, 4) is 0 Å². The van der Waals surface area contributed by atoms with Crippen LogP contribution in [0.5, 0.6) is 0 Å². The maximum Gasteiger partial charge on any atom is 0.160 e. The molecule has 0 unspecified atom stereocenters. The Bertz CT molecular complexity index is 736. The van der Waals surface area contributed by atoms with Gasteiger partial charge in [-0.2, -0.15) is 0 Å². The third kappa shape index (κ3) is 2.51. The van der Waals surface area contributed by atoms with E-state index in [0.717, 1.165) is 34.8 Å². The lowest BCUT2D eigenvalue weighted by atomic mass is 10.3. The van der Waals surface area contributed by atoms with Crippen molar-refractivity contribution in [3.63, 3.8) is 0 Å². The van der Waals surface area contributed by atoms with Gasteiger partial charge in [-0.3, -0.25) is 4.98 Å². The molecule has 0 saturated carbocycles. The summed E-state index contributed by atoms with van der Waals surface area (Å²) in [6.45, 7) is 2.66. The van der Waals surface area contributed by atoms with Gasteiger partial charge < -0.3 is 4.57 Å². The zero-order valence-electron chi connectivity index (χ0n) is 11.3. The molecule has 0 N–H and O–H groups in total. The minimum atomic E-state index is 0.546. The fraction of sp³-hybridized carbons (Fsp3) is 0.267. The van der Waals surface area contributed by atoms with Crippen molar-refractivity contribution in [1.29, 1.82) is 0 Å². The number of nitrogens with zero attached hydrogens (tertiary/aromatic N) is 4. The van der Waals surface area contributed by atoms with E-state index in [0.29, 0.717) is 12.4 Å². The van der Waals surface area contributed by atoms with Crippen LogP contribution in [-0.2, 0) is 13.0 Å². The highest BCUT2D eigenvalue weighted by Crippen LogP contribution is 2.16. The van der Waals surface area contributed by atoms with E-state index in [9.17, 15) is 0 Å². The van der Waals surface area contributed by atoms with Gasteiger partial charge in [0.25, 0.3) is 0 Å². The lowest BCUT2D eigenvalue weighted by Crippen LogP contribution is -2.08.